The smallest absolute Gasteiger partial charge is 0.416 e. The van der Waals surface area contributed by atoms with Crippen LogP contribution in [0.5, 0.6) is 0 Å². The van der Waals surface area contributed by atoms with Crippen molar-refractivity contribution < 1.29 is 49.0 Å². The molecule has 0 spiro atoms. The van der Waals surface area contributed by atoms with Gasteiger partial charge in [0.15, 0.2) is 5.78 Å². The molecule has 4 rings (SSSR count). The van der Waals surface area contributed by atoms with Gasteiger partial charge in [0, 0.05) is 11.4 Å². The number of anilines is 2. The highest BCUT2D eigenvalue weighted by atomic mass is 79.9. The van der Waals surface area contributed by atoms with Gasteiger partial charge in [0.1, 0.15) is 12.6 Å². The number of unbranched alkanes of at least 4 members (excludes halogenated alkanes) is 2. The van der Waals surface area contributed by atoms with Crippen molar-refractivity contribution >= 4 is 23.4 Å². The third-order valence-corrected chi connectivity index (χ3v) is 7.83. The number of aromatic nitrogens is 3. The van der Waals surface area contributed by atoms with Crippen LogP contribution >= 0.6 is 0 Å². The molecular formula is C33H39BrF3N7O4. The van der Waals surface area contributed by atoms with Crippen molar-refractivity contribution in [2.75, 3.05) is 52.8 Å². The molecule has 1 N–H and O–H groups in total. The summed E-state index contributed by atoms with van der Waals surface area (Å²) in [4.78, 5) is 41.6. The zero-order chi connectivity index (χ0) is 34.5. The number of Topliss-reactive ketones (excluding diaryl/α,β-unsaturated/α-hetero) is 1. The van der Waals surface area contributed by atoms with Crippen LogP contribution in [0.15, 0.2) is 64.6 Å². The second-order valence-electron chi connectivity index (χ2n) is 12.4. The Bertz CT molecular complexity index is 1750. The van der Waals surface area contributed by atoms with Crippen LogP contribution in [0.4, 0.5) is 24.8 Å². The molecule has 0 amide bonds. The molecule has 258 valence electrons. The van der Waals surface area contributed by atoms with Crippen LogP contribution in [0.1, 0.15) is 48.9 Å². The number of halogens is 4. The zero-order valence-electron chi connectivity index (χ0n) is 27.5. The normalized spacial score (nSPS) is 14.6. The largest absolute Gasteiger partial charge is 1.00 e. The van der Waals surface area contributed by atoms with Gasteiger partial charge in [-0.15, -0.1) is 5.10 Å². The van der Waals surface area contributed by atoms with E-state index in [2.05, 4.69) is 31.6 Å². The number of esters is 1. The summed E-state index contributed by atoms with van der Waals surface area (Å²) in [5, 5.41) is 16.8. The van der Waals surface area contributed by atoms with Gasteiger partial charge in [-0.3, -0.25) is 9.69 Å². The van der Waals surface area contributed by atoms with E-state index in [0.29, 0.717) is 17.7 Å². The maximum atomic E-state index is 14.0. The Kier molecular flexibility index (Phi) is 12.5. The molecule has 1 aromatic heterocycles. The number of methoxy groups -OCH3 is 1. The van der Waals surface area contributed by atoms with Crippen LogP contribution in [0.25, 0.3) is 0 Å². The summed E-state index contributed by atoms with van der Waals surface area (Å²) in [5.41, 5.74) is -0.791. The minimum Gasteiger partial charge on any atom is -1.00 e. The summed E-state index contributed by atoms with van der Waals surface area (Å²) in [6, 6.07) is 11.5. The molecule has 0 saturated heterocycles. The number of ketones is 1. The highest BCUT2D eigenvalue weighted by Gasteiger charge is 2.41. The molecule has 0 saturated carbocycles. The Morgan fingerprint density at radius 3 is 2.38 bits per heavy atom. The lowest BCUT2D eigenvalue weighted by molar-refractivity contribution is -0.870. The fourth-order valence-corrected chi connectivity index (χ4v) is 5.51. The van der Waals surface area contributed by atoms with Crippen LogP contribution in [-0.4, -0.2) is 78.5 Å². The van der Waals surface area contributed by atoms with Crippen molar-refractivity contribution in [2.24, 2.45) is 0 Å². The lowest BCUT2D eigenvalue weighted by atomic mass is 9.93. The van der Waals surface area contributed by atoms with Crippen molar-refractivity contribution in [3.05, 3.63) is 87.0 Å². The number of hydrogen-bond donors (Lipinski definition) is 1. The van der Waals surface area contributed by atoms with Crippen LogP contribution in [0.3, 0.4) is 0 Å². The average Bonchev–Trinajstić information content (AvgIpc) is 3.33. The predicted molar refractivity (Wildman–Crippen MR) is 169 cm³/mol. The number of nitrogens with zero attached hydrogens (tertiary/aromatic N) is 6. The van der Waals surface area contributed by atoms with Gasteiger partial charge in [0.05, 0.1) is 64.1 Å². The summed E-state index contributed by atoms with van der Waals surface area (Å²) in [6.45, 7) is 2.76. The van der Waals surface area contributed by atoms with E-state index in [9.17, 15) is 32.8 Å². The van der Waals surface area contributed by atoms with E-state index >= 15 is 0 Å². The highest BCUT2D eigenvalue weighted by Crippen LogP contribution is 2.43. The first kappa shape index (κ1) is 38.2. The van der Waals surface area contributed by atoms with Gasteiger partial charge in [-0.25, -0.2) is 18.8 Å². The molecule has 3 aromatic rings. The number of alkyl halides is 3. The topological polar surface area (TPSA) is 122 Å². The molecule has 48 heavy (non-hydrogen) atoms. The van der Waals surface area contributed by atoms with E-state index in [1.807, 2.05) is 6.07 Å². The number of carbonyl (C=O) groups is 2. The minimum atomic E-state index is -4.66. The second-order valence-corrected chi connectivity index (χ2v) is 12.4. The van der Waals surface area contributed by atoms with Crippen molar-refractivity contribution in [2.45, 2.75) is 44.9 Å². The average molecular weight is 735 g/mol. The number of ether oxygens (including phenoxy) is 1. The molecule has 0 bridgehead atoms. The summed E-state index contributed by atoms with van der Waals surface area (Å²) >= 11 is 0. The van der Waals surface area contributed by atoms with Gasteiger partial charge in [-0.1, -0.05) is 18.2 Å². The Balaban J connectivity index is 0.00000625. The highest BCUT2D eigenvalue weighted by molar-refractivity contribution is 5.93. The molecule has 1 aliphatic heterocycles. The first-order valence-electron chi connectivity index (χ1n) is 15.1. The molecule has 0 radical (unpaired) electrons. The van der Waals surface area contributed by atoms with Crippen molar-refractivity contribution in [1.82, 2.24) is 19.7 Å². The summed E-state index contributed by atoms with van der Waals surface area (Å²) in [5.74, 6) is -1.24. The molecule has 2 heterocycles. The van der Waals surface area contributed by atoms with E-state index in [1.165, 1.54) is 36.1 Å². The van der Waals surface area contributed by atoms with Crippen molar-refractivity contribution in [3.63, 3.8) is 0 Å². The first-order chi connectivity index (χ1) is 22.2. The lowest BCUT2D eigenvalue weighted by Crippen LogP contribution is -3.00. The molecule has 15 heteroatoms. The molecule has 0 fully saturated rings. The maximum absolute atomic E-state index is 14.0. The Hall–Kier alpha value is -4.26. The SMILES string of the molecule is COC(=O)C1=C(C)N(c2cccc(C(F)(F)F)c2)c2nn(CC(=O)CNCCCCC[N+](C)(C)C)c(=O)n2C1c1ccc(C#N)cc1.[Br-]. The number of benzene rings is 2. The third kappa shape index (κ3) is 8.80. The van der Waals surface area contributed by atoms with Gasteiger partial charge in [-0.05, 0) is 68.6 Å². The molecule has 0 aliphatic carbocycles. The Morgan fingerprint density at radius 1 is 1.08 bits per heavy atom. The lowest BCUT2D eigenvalue weighted by Gasteiger charge is -2.35. The van der Waals surface area contributed by atoms with E-state index in [4.69, 9.17) is 4.74 Å². The van der Waals surface area contributed by atoms with Gasteiger partial charge in [0.25, 0.3) is 0 Å². The fourth-order valence-electron chi connectivity index (χ4n) is 5.51. The number of quaternary nitrogens is 1. The van der Waals surface area contributed by atoms with Crippen molar-refractivity contribution in [1.29, 1.82) is 5.26 Å². The number of nitrogens with one attached hydrogen (secondary N) is 1. The molecule has 11 nitrogen and oxygen atoms in total. The maximum Gasteiger partial charge on any atom is 0.416 e. The number of hydrogen-bond acceptors (Lipinski definition) is 8. The number of nitriles is 1. The number of fused-ring (bicyclic) bond motifs is 1. The molecule has 1 atom stereocenters. The number of carbonyl (C=O) groups excluding carboxylic acids is 2. The summed E-state index contributed by atoms with van der Waals surface area (Å²) < 4.78 is 49.3. The second kappa shape index (κ2) is 15.8. The summed E-state index contributed by atoms with van der Waals surface area (Å²) in [6.07, 6.45) is -1.73. The van der Waals surface area contributed by atoms with Gasteiger partial charge in [0.2, 0.25) is 5.95 Å². The van der Waals surface area contributed by atoms with Gasteiger partial charge >= 0.3 is 17.8 Å². The summed E-state index contributed by atoms with van der Waals surface area (Å²) in [7, 11) is 7.55. The minimum absolute atomic E-state index is 0. The predicted octanol–water partition coefficient (Wildman–Crippen LogP) is 1.16. The van der Waals surface area contributed by atoms with E-state index < -0.39 is 36.0 Å². The van der Waals surface area contributed by atoms with E-state index in [-0.39, 0.29) is 52.2 Å². The van der Waals surface area contributed by atoms with Crippen LogP contribution in [-0.2, 0) is 27.0 Å². The zero-order valence-corrected chi connectivity index (χ0v) is 29.1. The van der Waals surface area contributed by atoms with E-state index in [0.717, 1.165) is 58.8 Å². The number of allylic oxidation sites excluding steroid dienone is 1. The van der Waals surface area contributed by atoms with Gasteiger partial charge in [-0.2, -0.15) is 18.4 Å². The van der Waals surface area contributed by atoms with Crippen LogP contribution in [0, 0.1) is 11.3 Å². The van der Waals surface area contributed by atoms with Crippen LogP contribution in [0.2, 0.25) is 0 Å². The molecule has 1 unspecified atom stereocenters. The Labute approximate surface area is 287 Å². The Morgan fingerprint density at radius 2 is 1.77 bits per heavy atom. The van der Waals surface area contributed by atoms with Crippen LogP contribution < -0.4 is 32.9 Å². The molecule has 2 aromatic carbocycles. The quantitative estimate of drug-likeness (QED) is 0.158. The first-order valence-corrected chi connectivity index (χ1v) is 15.1. The molecule has 1 aliphatic rings. The van der Waals surface area contributed by atoms with Gasteiger partial charge < -0.3 is 31.5 Å². The van der Waals surface area contributed by atoms with E-state index in [1.54, 1.807) is 12.1 Å². The fraction of sp³-hybridized carbons (Fsp3) is 0.424. The van der Waals surface area contributed by atoms with Crippen molar-refractivity contribution in [3.8, 4) is 6.07 Å². The monoisotopic (exact) mass is 733 g/mol. The molecular weight excluding hydrogens is 695 g/mol. The standard InChI is InChI=1S/C33H39F3N7O4.BrH/c1-22-28(30(45)47-5)29(24-14-12-23(19-37)13-15-24)42-31(41(22)26-11-9-10-25(18-26)33(34,35)36)39-40(32(42)46)21-27(44)20-38-16-7-6-8-17-43(2,3)4;/h9-15,18,29,38H,6-8,16-17,20-21H2,1-5H3;1H/q+1;/p-1. The third-order valence-electron chi connectivity index (χ3n) is 7.83. The number of rotatable bonds is 13.